The fourth-order valence-electron chi connectivity index (χ4n) is 2.31. The Morgan fingerprint density at radius 1 is 1.33 bits per heavy atom. The summed E-state index contributed by atoms with van der Waals surface area (Å²) in [4.78, 5) is 13.0. The number of carbonyl (C=O) groups is 1. The van der Waals surface area contributed by atoms with Gasteiger partial charge in [-0.1, -0.05) is 0 Å². The van der Waals surface area contributed by atoms with Crippen LogP contribution in [-0.4, -0.2) is 36.0 Å². The highest BCUT2D eigenvalue weighted by Gasteiger charge is 2.39. The third-order valence-corrected chi connectivity index (χ3v) is 3.20. The zero-order valence-corrected chi connectivity index (χ0v) is 7.71. The Bertz CT molecular complexity index is 189. The van der Waals surface area contributed by atoms with E-state index < -0.39 is 0 Å². The van der Waals surface area contributed by atoms with Crippen molar-refractivity contribution in [2.24, 2.45) is 0 Å². The van der Waals surface area contributed by atoms with Gasteiger partial charge in [0.2, 0.25) is 5.91 Å². The number of amides is 1. The van der Waals surface area contributed by atoms with Gasteiger partial charge in [-0.3, -0.25) is 4.79 Å². The van der Waals surface area contributed by atoms with Crippen LogP contribution in [0, 0.1) is 0 Å². The van der Waals surface area contributed by atoms with E-state index in [2.05, 4.69) is 5.32 Å². The molecule has 2 unspecified atom stereocenters. The molecule has 0 spiro atoms. The first kappa shape index (κ1) is 8.05. The Kier molecular flexibility index (Phi) is 1.83. The number of nitrogens with zero attached hydrogens (tertiary/aromatic N) is 1. The monoisotopic (exact) mass is 168 g/mol. The molecule has 1 amide bonds. The van der Waals surface area contributed by atoms with E-state index in [9.17, 15) is 4.79 Å². The zero-order valence-electron chi connectivity index (χ0n) is 7.71. The SMILES string of the molecule is CC(=O)N(C)C1CC2CC(C1)N2. The summed E-state index contributed by atoms with van der Waals surface area (Å²) in [6.07, 6.45) is 3.61. The van der Waals surface area contributed by atoms with E-state index in [1.165, 1.54) is 6.42 Å². The second kappa shape index (κ2) is 2.73. The Labute approximate surface area is 73.1 Å². The fraction of sp³-hybridized carbons (Fsp3) is 0.889. The van der Waals surface area contributed by atoms with Gasteiger partial charge in [0, 0.05) is 32.1 Å². The third-order valence-electron chi connectivity index (χ3n) is 3.20. The van der Waals surface area contributed by atoms with Crippen molar-refractivity contribution in [2.45, 2.75) is 44.3 Å². The molecule has 1 aliphatic carbocycles. The van der Waals surface area contributed by atoms with Crippen LogP contribution in [0.3, 0.4) is 0 Å². The largest absolute Gasteiger partial charge is 0.343 e. The van der Waals surface area contributed by atoms with Crippen molar-refractivity contribution in [2.75, 3.05) is 7.05 Å². The van der Waals surface area contributed by atoms with Crippen molar-refractivity contribution in [1.82, 2.24) is 10.2 Å². The average molecular weight is 168 g/mol. The molecular weight excluding hydrogens is 152 g/mol. The average Bonchev–Trinajstić information content (AvgIpc) is 2.02. The molecule has 3 heteroatoms. The molecule has 0 aromatic heterocycles. The van der Waals surface area contributed by atoms with E-state index in [0.29, 0.717) is 18.1 Å². The second-order valence-electron chi connectivity index (χ2n) is 4.05. The lowest BCUT2D eigenvalue weighted by Gasteiger charge is -2.48. The minimum atomic E-state index is 0.196. The minimum absolute atomic E-state index is 0.196. The second-order valence-corrected chi connectivity index (χ2v) is 4.05. The number of piperidine rings is 1. The summed E-state index contributed by atoms with van der Waals surface area (Å²) < 4.78 is 0. The first-order chi connectivity index (χ1) is 5.66. The summed E-state index contributed by atoms with van der Waals surface area (Å²) in [5, 5.41) is 3.46. The molecule has 1 saturated carbocycles. The molecule has 2 aliphatic heterocycles. The van der Waals surface area contributed by atoms with Gasteiger partial charge < -0.3 is 10.2 Å². The smallest absolute Gasteiger partial charge is 0.219 e. The van der Waals surface area contributed by atoms with Crippen molar-refractivity contribution in [3.8, 4) is 0 Å². The molecule has 2 saturated heterocycles. The standard InChI is InChI=1S/C9H16N2O/c1-6(12)11(2)9-4-7-3-8(5-9)10-7/h7-10H,3-5H2,1-2H3. The van der Waals surface area contributed by atoms with Crippen LogP contribution in [0.15, 0.2) is 0 Å². The van der Waals surface area contributed by atoms with Gasteiger partial charge in [0.25, 0.3) is 0 Å². The number of hydrogen-bond donors (Lipinski definition) is 1. The van der Waals surface area contributed by atoms with Gasteiger partial charge in [-0.25, -0.2) is 0 Å². The van der Waals surface area contributed by atoms with Crippen LogP contribution < -0.4 is 5.32 Å². The van der Waals surface area contributed by atoms with Crippen LogP contribution in [-0.2, 0) is 4.79 Å². The minimum Gasteiger partial charge on any atom is -0.343 e. The predicted octanol–water partition coefficient (Wildman–Crippen LogP) is 0.358. The van der Waals surface area contributed by atoms with Crippen LogP contribution in [0.25, 0.3) is 0 Å². The molecule has 2 atom stereocenters. The fourth-order valence-corrected chi connectivity index (χ4v) is 2.31. The number of carbonyl (C=O) groups excluding carboxylic acids is 1. The summed E-state index contributed by atoms with van der Waals surface area (Å²) in [6.45, 7) is 1.65. The van der Waals surface area contributed by atoms with Gasteiger partial charge in [0.05, 0.1) is 0 Å². The molecule has 1 N–H and O–H groups in total. The molecule has 0 radical (unpaired) electrons. The first-order valence-electron chi connectivity index (χ1n) is 4.66. The molecule has 3 fully saturated rings. The predicted molar refractivity (Wildman–Crippen MR) is 46.8 cm³/mol. The topological polar surface area (TPSA) is 32.3 Å². The van der Waals surface area contributed by atoms with Gasteiger partial charge in [-0.2, -0.15) is 0 Å². The third kappa shape index (κ3) is 1.22. The van der Waals surface area contributed by atoms with Gasteiger partial charge in [-0.05, 0) is 19.3 Å². The summed E-state index contributed by atoms with van der Waals surface area (Å²) in [5.74, 6) is 0.196. The highest BCUT2D eigenvalue weighted by Crippen LogP contribution is 2.30. The van der Waals surface area contributed by atoms with Crippen molar-refractivity contribution in [3.05, 3.63) is 0 Å². The highest BCUT2D eigenvalue weighted by atomic mass is 16.2. The van der Waals surface area contributed by atoms with Crippen LogP contribution in [0.4, 0.5) is 0 Å². The Balaban J connectivity index is 1.93. The molecule has 0 aromatic rings. The summed E-state index contributed by atoms with van der Waals surface area (Å²) >= 11 is 0. The molecule has 68 valence electrons. The van der Waals surface area contributed by atoms with Crippen molar-refractivity contribution in [3.63, 3.8) is 0 Å². The van der Waals surface area contributed by atoms with Crippen LogP contribution >= 0.6 is 0 Å². The van der Waals surface area contributed by atoms with Crippen LogP contribution in [0.2, 0.25) is 0 Å². The number of nitrogens with one attached hydrogen (secondary N) is 1. The molecule has 0 aromatic carbocycles. The Hall–Kier alpha value is -0.570. The molecule has 3 aliphatic rings. The van der Waals surface area contributed by atoms with Crippen molar-refractivity contribution < 1.29 is 4.79 Å². The molecule has 3 nitrogen and oxygen atoms in total. The zero-order chi connectivity index (χ0) is 8.72. The molecule has 2 heterocycles. The number of hydrogen-bond acceptors (Lipinski definition) is 2. The maximum absolute atomic E-state index is 11.1. The normalized spacial score (nSPS) is 38.7. The molecule has 3 rings (SSSR count). The lowest BCUT2D eigenvalue weighted by molar-refractivity contribution is -0.131. The number of rotatable bonds is 1. The maximum atomic E-state index is 11.1. The van der Waals surface area contributed by atoms with E-state index in [4.69, 9.17) is 0 Å². The molecule has 12 heavy (non-hydrogen) atoms. The summed E-state index contributed by atoms with van der Waals surface area (Å²) in [7, 11) is 1.91. The Morgan fingerprint density at radius 3 is 2.25 bits per heavy atom. The van der Waals surface area contributed by atoms with E-state index in [-0.39, 0.29) is 5.91 Å². The van der Waals surface area contributed by atoms with Crippen LogP contribution in [0.1, 0.15) is 26.2 Å². The van der Waals surface area contributed by atoms with Crippen LogP contribution in [0.5, 0.6) is 0 Å². The van der Waals surface area contributed by atoms with Gasteiger partial charge >= 0.3 is 0 Å². The lowest BCUT2D eigenvalue weighted by Crippen LogP contribution is -2.62. The molecule has 2 bridgehead atoms. The van der Waals surface area contributed by atoms with Crippen molar-refractivity contribution >= 4 is 5.91 Å². The van der Waals surface area contributed by atoms with Gasteiger partial charge in [-0.15, -0.1) is 0 Å². The Morgan fingerprint density at radius 2 is 1.83 bits per heavy atom. The maximum Gasteiger partial charge on any atom is 0.219 e. The van der Waals surface area contributed by atoms with E-state index >= 15 is 0 Å². The first-order valence-corrected chi connectivity index (χ1v) is 4.66. The lowest BCUT2D eigenvalue weighted by atomic mass is 9.79. The summed E-state index contributed by atoms with van der Waals surface area (Å²) in [5.41, 5.74) is 0. The summed E-state index contributed by atoms with van der Waals surface area (Å²) in [6, 6.07) is 1.87. The van der Waals surface area contributed by atoms with Crippen molar-refractivity contribution in [1.29, 1.82) is 0 Å². The van der Waals surface area contributed by atoms with Gasteiger partial charge in [0.1, 0.15) is 0 Å². The highest BCUT2D eigenvalue weighted by molar-refractivity contribution is 5.73. The van der Waals surface area contributed by atoms with E-state index in [1.807, 2.05) is 11.9 Å². The number of fused-ring (bicyclic) bond motifs is 2. The van der Waals surface area contributed by atoms with E-state index in [0.717, 1.165) is 12.8 Å². The van der Waals surface area contributed by atoms with Gasteiger partial charge in [0.15, 0.2) is 0 Å². The quantitative estimate of drug-likeness (QED) is 0.613. The van der Waals surface area contributed by atoms with E-state index in [1.54, 1.807) is 6.92 Å². The molecular formula is C9H16N2O.